The summed E-state index contributed by atoms with van der Waals surface area (Å²) in [6.07, 6.45) is 2.13. The molecule has 14 heavy (non-hydrogen) atoms. The second-order valence-electron chi connectivity index (χ2n) is 3.72. The Labute approximate surface area is 84.1 Å². The van der Waals surface area contributed by atoms with Gasteiger partial charge in [-0.15, -0.1) is 0 Å². The summed E-state index contributed by atoms with van der Waals surface area (Å²) < 4.78 is 0. The molecule has 1 aromatic heterocycles. The average Bonchev–Trinajstić information content (AvgIpc) is 2.55. The molecule has 0 radical (unpaired) electrons. The van der Waals surface area contributed by atoms with Gasteiger partial charge in [0.2, 0.25) is 0 Å². The number of nitrogens with two attached hydrogens (primary N) is 1. The zero-order chi connectivity index (χ0) is 9.97. The van der Waals surface area contributed by atoms with Crippen LogP contribution >= 0.6 is 0 Å². The van der Waals surface area contributed by atoms with Gasteiger partial charge in [0.05, 0.1) is 0 Å². The molecule has 74 valence electrons. The van der Waals surface area contributed by atoms with E-state index in [1.807, 2.05) is 0 Å². The van der Waals surface area contributed by atoms with E-state index in [0.29, 0.717) is 0 Å². The van der Waals surface area contributed by atoms with Gasteiger partial charge in [0, 0.05) is 16.6 Å². The molecular formula is C12H16N2. The molecule has 0 aliphatic carbocycles. The highest BCUT2D eigenvalue weighted by molar-refractivity contribution is 5.83. The van der Waals surface area contributed by atoms with Gasteiger partial charge in [0.1, 0.15) is 0 Å². The lowest BCUT2D eigenvalue weighted by Crippen LogP contribution is -2.00. The van der Waals surface area contributed by atoms with Crippen molar-refractivity contribution in [1.29, 1.82) is 0 Å². The Morgan fingerprint density at radius 2 is 2.21 bits per heavy atom. The van der Waals surface area contributed by atoms with Crippen LogP contribution in [0.4, 0.5) is 0 Å². The summed E-state index contributed by atoms with van der Waals surface area (Å²) >= 11 is 0. The van der Waals surface area contributed by atoms with Crippen LogP contribution in [0.15, 0.2) is 24.3 Å². The minimum atomic E-state index is 0.764. The van der Waals surface area contributed by atoms with Crippen molar-refractivity contribution < 1.29 is 0 Å². The predicted octanol–water partition coefficient (Wildman–Crippen LogP) is 2.37. The highest BCUT2D eigenvalue weighted by atomic mass is 14.7. The summed E-state index contributed by atoms with van der Waals surface area (Å²) in [7, 11) is 0. The number of aryl methyl sites for hydroxylation is 2. The van der Waals surface area contributed by atoms with E-state index in [1.54, 1.807) is 0 Å². The first kappa shape index (κ1) is 9.28. The van der Waals surface area contributed by atoms with E-state index in [4.69, 9.17) is 5.73 Å². The minimum Gasteiger partial charge on any atom is -0.359 e. The molecule has 0 aliphatic rings. The summed E-state index contributed by atoms with van der Waals surface area (Å²) in [6.45, 7) is 2.85. The molecule has 0 unspecified atom stereocenters. The molecule has 1 aromatic carbocycles. The van der Waals surface area contributed by atoms with E-state index in [1.165, 1.54) is 22.2 Å². The lowest BCUT2D eigenvalue weighted by Gasteiger charge is -2.01. The van der Waals surface area contributed by atoms with Crippen LogP contribution in [-0.4, -0.2) is 11.5 Å². The number of aromatic nitrogens is 1. The van der Waals surface area contributed by atoms with Crippen LogP contribution in [0.25, 0.3) is 10.9 Å². The zero-order valence-corrected chi connectivity index (χ0v) is 8.51. The van der Waals surface area contributed by atoms with Gasteiger partial charge in [0.15, 0.2) is 0 Å². The molecule has 0 bridgehead atoms. The normalized spacial score (nSPS) is 11.0. The summed E-state index contributed by atoms with van der Waals surface area (Å²) in [4.78, 5) is 3.34. The van der Waals surface area contributed by atoms with E-state index in [0.717, 1.165) is 19.4 Å². The first-order valence-electron chi connectivity index (χ1n) is 5.08. The molecule has 0 atom stereocenters. The van der Waals surface area contributed by atoms with E-state index in [9.17, 15) is 0 Å². The van der Waals surface area contributed by atoms with Gasteiger partial charge < -0.3 is 10.7 Å². The van der Waals surface area contributed by atoms with Crippen molar-refractivity contribution in [3.8, 4) is 0 Å². The zero-order valence-electron chi connectivity index (χ0n) is 8.51. The van der Waals surface area contributed by atoms with Gasteiger partial charge in [-0.1, -0.05) is 12.1 Å². The molecule has 0 amide bonds. The Morgan fingerprint density at radius 3 is 3.00 bits per heavy atom. The number of aromatic amines is 1. The van der Waals surface area contributed by atoms with Crippen LogP contribution in [-0.2, 0) is 6.42 Å². The van der Waals surface area contributed by atoms with Crippen LogP contribution in [0.2, 0.25) is 0 Å². The molecule has 1 heterocycles. The van der Waals surface area contributed by atoms with E-state index < -0.39 is 0 Å². The fourth-order valence-electron chi connectivity index (χ4n) is 1.87. The second kappa shape index (κ2) is 3.84. The minimum absolute atomic E-state index is 0.764. The number of hydrogen-bond acceptors (Lipinski definition) is 1. The molecule has 0 spiro atoms. The van der Waals surface area contributed by atoms with Crippen LogP contribution in [0.1, 0.15) is 17.7 Å². The number of nitrogens with one attached hydrogen (secondary N) is 1. The SMILES string of the molecule is Cc1cc2c(CCCN)cccc2[nH]1. The van der Waals surface area contributed by atoms with Crippen molar-refractivity contribution in [1.82, 2.24) is 4.98 Å². The Morgan fingerprint density at radius 1 is 1.36 bits per heavy atom. The molecule has 2 rings (SSSR count). The molecule has 3 N–H and O–H groups in total. The maximum absolute atomic E-state index is 5.52. The van der Waals surface area contributed by atoms with Crippen LogP contribution in [0.5, 0.6) is 0 Å². The van der Waals surface area contributed by atoms with Crippen LogP contribution in [0.3, 0.4) is 0 Å². The van der Waals surface area contributed by atoms with Gasteiger partial charge in [-0.2, -0.15) is 0 Å². The second-order valence-corrected chi connectivity index (χ2v) is 3.72. The quantitative estimate of drug-likeness (QED) is 0.763. The Bertz CT molecular complexity index is 429. The average molecular weight is 188 g/mol. The van der Waals surface area contributed by atoms with E-state index >= 15 is 0 Å². The topological polar surface area (TPSA) is 41.8 Å². The van der Waals surface area contributed by atoms with Crippen LogP contribution < -0.4 is 5.73 Å². The maximum Gasteiger partial charge on any atom is 0.0458 e. The third-order valence-corrected chi connectivity index (χ3v) is 2.54. The summed E-state index contributed by atoms with van der Waals surface area (Å²) in [6, 6.07) is 8.62. The van der Waals surface area contributed by atoms with Crippen molar-refractivity contribution in [2.75, 3.05) is 6.54 Å². The molecule has 2 nitrogen and oxygen atoms in total. The Kier molecular flexibility index (Phi) is 2.55. The fourth-order valence-corrected chi connectivity index (χ4v) is 1.87. The standard InChI is InChI=1S/C12H16N2/c1-9-8-11-10(5-3-7-13)4-2-6-12(11)14-9/h2,4,6,8,14H,3,5,7,13H2,1H3. The van der Waals surface area contributed by atoms with Crippen LogP contribution in [0, 0.1) is 6.92 Å². The van der Waals surface area contributed by atoms with Gasteiger partial charge in [0.25, 0.3) is 0 Å². The molecule has 0 saturated heterocycles. The van der Waals surface area contributed by atoms with Crippen molar-refractivity contribution in [3.05, 3.63) is 35.5 Å². The lowest BCUT2D eigenvalue weighted by atomic mass is 10.1. The predicted molar refractivity (Wildman–Crippen MR) is 60.4 cm³/mol. The van der Waals surface area contributed by atoms with Crippen molar-refractivity contribution in [2.45, 2.75) is 19.8 Å². The van der Waals surface area contributed by atoms with E-state index in [2.05, 4.69) is 36.2 Å². The molecule has 2 heteroatoms. The lowest BCUT2D eigenvalue weighted by molar-refractivity contribution is 0.837. The highest BCUT2D eigenvalue weighted by Crippen LogP contribution is 2.20. The van der Waals surface area contributed by atoms with Crippen molar-refractivity contribution >= 4 is 10.9 Å². The van der Waals surface area contributed by atoms with Gasteiger partial charge in [-0.05, 0) is 44.0 Å². The number of fused-ring (bicyclic) bond motifs is 1. The van der Waals surface area contributed by atoms with Crippen molar-refractivity contribution in [3.63, 3.8) is 0 Å². The largest absolute Gasteiger partial charge is 0.359 e. The third kappa shape index (κ3) is 1.66. The Balaban J connectivity index is 2.42. The summed E-state index contributed by atoms with van der Waals surface area (Å²) in [5.74, 6) is 0. The maximum atomic E-state index is 5.52. The number of benzene rings is 1. The van der Waals surface area contributed by atoms with Gasteiger partial charge in [-0.3, -0.25) is 0 Å². The first-order valence-corrected chi connectivity index (χ1v) is 5.08. The summed E-state index contributed by atoms with van der Waals surface area (Å²) in [5.41, 5.74) is 9.37. The fraction of sp³-hybridized carbons (Fsp3) is 0.333. The molecular weight excluding hydrogens is 172 g/mol. The van der Waals surface area contributed by atoms with Gasteiger partial charge >= 0.3 is 0 Å². The molecule has 0 aliphatic heterocycles. The van der Waals surface area contributed by atoms with E-state index in [-0.39, 0.29) is 0 Å². The third-order valence-electron chi connectivity index (χ3n) is 2.54. The number of hydrogen-bond donors (Lipinski definition) is 2. The molecule has 0 saturated carbocycles. The molecule has 0 fully saturated rings. The molecule has 2 aromatic rings. The van der Waals surface area contributed by atoms with Crippen molar-refractivity contribution in [2.24, 2.45) is 5.73 Å². The highest BCUT2D eigenvalue weighted by Gasteiger charge is 2.02. The smallest absolute Gasteiger partial charge is 0.0458 e. The Hall–Kier alpha value is -1.28. The summed E-state index contributed by atoms with van der Waals surface area (Å²) in [5, 5.41) is 1.35. The number of rotatable bonds is 3. The monoisotopic (exact) mass is 188 g/mol. The first-order chi connectivity index (χ1) is 6.81. The number of H-pyrrole nitrogens is 1. The van der Waals surface area contributed by atoms with Gasteiger partial charge in [-0.25, -0.2) is 0 Å².